The molecule has 1 aliphatic rings. The van der Waals surface area contributed by atoms with Gasteiger partial charge in [-0.2, -0.15) is 8.61 Å². The molecule has 10 heteroatoms. The molecule has 0 atom stereocenters. The standard InChI is InChI=1S/C24H33N3O5S2/c1-18-15-19(2)24(20(3)16-18)34(31,32)26(4)17-23(28)25-12-11-21-7-9-22(10-8-21)33(29,30)27-13-5-6-14-27/h7-10,15-16H,5-6,11-14,17H2,1-4H3,(H,25,28). The van der Waals surface area contributed by atoms with Gasteiger partial charge in [0.15, 0.2) is 0 Å². The molecule has 8 nitrogen and oxygen atoms in total. The maximum absolute atomic E-state index is 13.0. The second kappa shape index (κ2) is 10.6. The average Bonchev–Trinajstić information content (AvgIpc) is 3.29. The van der Waals surface area contributed by atoms with Crippen LogP contribution in [0.3, 0.4) is 0 Å². The first-order valence-corrected chi connectivity index (χ1v) is 14.2. The molecule has 0 aliphatic carbocycles. The van der Waals surface area contributed by atoms with Crippen LogP contribution in [0.25, 0.3) is 0 Å². The van der Waals surface area contributed by atoms with Crippen LogP contribution in [0.2, 0.25) is 0 Å². The smallest absolute Gasteiger partial charge is 0.243 e. The molecule has 2 aromatic rings. The van der Waals surface area contributed by atoms with Crippen LogP contribution in [0.15, 0.2) is 46.2 Å². The molecule has 0 radical (unpaired) electrons. The summed E-state index contributed by atoms with van der Waals surface area (Å²) < 4.78 is 53.8. The Balaban J connectivity index is 1.54. The summed E-state index contributed by atoms with van der Waals surface area (Å²) in [6.45, 7) is 6.56. The van der Waals surface area contributed by atoms with Gasteiger partial charge in [0.2, 0.25) is 26.0 Å². The van der Waals surface area contributed by atoms with Crippen LogP contribution in [-0.2, 0) is 31.3 Å². The summed E-state index contributed by atoms with van der Waals surface area (Å²) in [7, 11) is -5.85. The SMILES string of the molecule is Cc1cc(C)c(S(=O)(=O)N(C)CC(=O)NCCc2ccc(S(=O)(=O)N3CCCC3)cc2)c(C)c1. The summed E-state index contributed by atoms with van der Waals surface area (Å²) in [5.41, 5.74) is 3.17. The lowest BCUT2D eigenvalue weighted by atomic mass is 10.1. The number of aryl methyl sites for hydroxylation is 3. The summed E-state index contributed by atoms with van der Waals surface area (Å²) in [6.07, 6.45) is 2.28. The lowest BCUT2D eigenvalue weighted by Gasteiger charge is -2.20. The fourth-order valence-electron chi connectivity index (χ4n) is 4.32. The molecular weight excluding hydrogens is 474 g/mol. The lowest BCUT2D eigenvalue weighted by Crippen LogP contribution is -2.39. The van der Waals surface area contributed by atoms with Gasteiger partial charge < -0.3 is 5.32 Å². The largest absolute Gasteiger partial charge is 0.355 e. The second-order valence-electron chi connectivity index (χ2n) is 8.84. The van der Waals surface area contributed by atoms with E-state index in [0.29, 0.717) is 37.2 Å². The molecule has 0 aromatic heterocycles. The molecule has 1 N–H and O–H groups in total. The van der Waals surface area contributed by atoms with Gasteiger partial charge in [-0.1, -0.05) is 29.8 Å². The predicted molar refractivity (Wildman–Crippen MR) is 132 cm³/mol. The summed E-state index contributed by atoms with van der Waals surface area (Å²) in [5.74, 6) is -0.401. The Morgan fingerprint density at radius 3 is 2.09 bits per heavy atom. The molecule has 0 spiro atoms. The zero-order valence-corrected chi connectivity index (χ0v) is 21.8. The van der Waals surface area contributed by atoms with Crippen molar-refractivity contribution < 1.29 is 21.6 Å². The van der Waals surface area contributed by atoms with Crippen LogP contribution in [-0.4, -0.2) is 64.6 Å². The van der Waals surface area contributed by atoms with Gasteiger partial charge in [-0.15, -0.1) is 0 Å². The molecule has 1 fully saturated rings. The fraction of sp³-hybridized carbons (Fsp3) is 0.458. The van der Waals surface area contributed by atoms with Crippen LogP contribution < -0.4 is 5.32 Å². The van der Waals surface area contributed by atoms with Gasteiger partial charge in [0.05, 0.1) is 16.3 Å². The van der Waals surface area contributed by atoms with Crippen LogP contribution in [0, 0.1) is 20.8 Å². The Morgan fingerprint density at radius 2 is 1.53 bits per heavy atom. The molecule has 0 bridgehead atoms. The van der Waals surface area contributed by atoms with Crippen molar-refractivity contribution in [3.05, 3.63) is 58.7 Å². The summed E-state index contributed by atoms with van der Waals surface area (Å²) >= 11 is 0. The molecule has 34 heavy (non-hydrogen) atoms. The van der Waals surface area contributed by atoms with Crippen molar-refractivity contribution in [1.29, 1.82) is 0 Å². The van der Waals surface area contributed by atoms with Crippen LogP contribution >= 0.6 is 0 Å². The number of carbonyl (C=O) groups excluding carboxylic acids is 1. The first kappa shape index (κ1) is 26.3. The monoisotopic (exact) mass is 507 g/mol. The highest BCUT2D eigenvalue weighted by atomic mass is 32.2. The van der Waals surface area contributed by atoms with E-state index in [1.54, 1.807) is 38.1 Å². The Kier molecular flexibility index (Phi) is 8.18. The van der Waals surface area contributed by atoms with Gasteiger partial charge in [-0.25, -0.2) is 16.8 Å². The Bertz CT molecular complexity index is 1230. The Hall–Kier alpha value is -2.27. The molecular formula is C24H33N3O5S2. The predicted octanol–water partition coefficient (Wildman–Crippen LogP) is 2.38. The van der Waals surface area contributed by atoms with E-state index in [9.17, 15) is 21.6 Å². The number of nitrogens with one attached hydrogen (secondary N) is 1. The highest BCUT2D eigenvalue weighted by Crippen LogP contribution is 2.24. The number of hydrogen-bond donors (Lipinski definition) is 1. The third kappa shape index (κ3) is 5.86. The van der Waals surface area contributed by atoms with Gasteiger partial charge in [0.25, 0.3) is 0 Å². The normalized spacial score (nSPS) is 15.1. The molecule has 0 unspecified atom stereocenters. The number of hydrogen-bond acceptors (Lipinski definition) is 5. The summed E-state index contributed by atoms with van der Waals surface area (Å²) in [4.78, 5) is 12.9. The Morgan fingerprint density at radius 1 is 0.971 bits per heavy atom. The van der Waals surface area contributed by atoms with E-state index in [2.05, 4.69) is 5.32 Å². The van der Waals surface area contributed by atoms with E-state index in [-0.39, 0.29) is 16.3 Å². The number of nitrogens with zero attached hydrogens (tertiary/aromatic N) is 2. The number of rotatable bonds is 9. The maximum Gasteiger partial charge on any atom is 0.243 e. The van der Waals surface area contributed by atoms with E-state index in [4.69, 9.17) is 0 Å². The van der Waals surface area contributed by atoms with Crippen molar-refractivity contribution in [2.45, 2.75) is 49.8 Å². The van der Waals surface area contributed by atoms with E-state index >= 15 is 0 Å². The average molecular weight is 508 g/mol. The van der Waals surface area contributed by atoms with Crippen LogP contribution in [0.4, 0.5) is 0 Å². The van der Waals surface area contributed by atoms with Gasteiger partial charge in [-0.05, 0) is 68.9 Å². The first-order chi connectivity index (χ1) is 15.9. The van der Waals surface area contributed by atoms with Crippen molar-refractivity contribution >= 4 is 26.0 Å². The summed E-state index contributed by atoms with van der Waals surface area (Å²) in [6, 6.07) is 10.3. The number of amides is 1. The molecule has 0 saturated carbocycles. The van der Waals surface area contributed by atoms with Crippen molar-refractivity contribution in [1.82, 2.24) is 13.9 Å². The molecule has 1 saturated heterocycles. The number of carbonyl (C=O) groups is 1. The van der Waals surface area contributed by atoms with E-state index in [0.717, 1.165) is 28.3 Å². The Labute approximate surface area is 203 Å². The van der Waals surface area contributed by atoms with Gasteiger partial charge in [0, 0.05) is 26.7 Å². The number of sulfonamides is 2. The van der Waals surface area contributed by atoms with Gasteiger partial charge in [0.1, 0.15) is 0 Å². The molecule has 3 rings (SSSR count). The second-order valence-corrected chi connectivity index (χ2v) is 12.8. The molecule has 1 aliphatic heterocycles. The van der Waals surface area contributed by atoms with Gasteiger partial charge in [-0.3, -0.25) is 4.79 Å². The minimum Gasteiger partial charge on any atom is -0.355 e. The summed E-state index contributed by atoms with van der Waals surface area (Å²) in [5, 5.41) is 2.74. The highest BCUT2D eigenvalue weighted by molar-refractivity contribution is 7.89. The topological polar surface area (TPSA) is 104 Å². The fourth-order valence-corrected chi connectivity index (χ4v) is 7.37. The highest BCUT2D eigenvalue weighted by Gasteiger charge is 2.28. The molecule has 186 valence electrons. The van der Waals surface area contributed by atoms with Crippen molar-refractivity contribution in [2.75, 3.05) is 33.2 Å². The molecule has 2 aromatic carbocycles. The quantitative estimate of drug-likeness (QED) is 0.561. The lowest BCUT2D eigenvalue weighted by molar-refractivity contribution is -0.121. The third-order valence-corrected chi connectivity index (χ3v) is 10.0. The van der Waals surface area contributed by atoms with Crippen molar-refractivity contribution in [2.24, 2.45) is 0 Å². The van der Waals surface area contributed by atoms with Crippen LogP contribution in [0.1, 0.15) is 35.1 Å². The van der Waals surface area contributed by atoms with Gasteiger partial charge >= 0.3 is 0 Å². The van der Waals surface area contributed by atoms with Crippen LogP contribution in [0.5, 0.6) is 0 Å². The van der Waals surface area contributed by atoms with E-state index < -0.39 is 26.0 Å². The maximum atomic E-state index is 13.0. The minimum absolute atomic E-state index is 0.234. The van der Waals surface area contributed by atoms with Crippen molar-refractivity contribution in [3.8, 4) is 0 Å². The molecule has 1 heterocycles. The first-order valence-electron chi connectivity index (χ1n) is 11.3. The zero-order chi connectivity index (χ0) is 25.1. The third-order valence-electron chi connectivity index (χ3n) is 6.00. The van der Waals surface area contributed by atoms with Crippen molar-refractivity contribution in [3.63, 3.8) is 0 Å². The number of benzene rings is 2. The molecule has 1 amide bonds. The van der Waals surface area contributed by atoms with E-state index in [1.807, 2.05) is 19.1 Å². The van der Waals surface area contributed by atoms with E-state index in [1.165, 1.54) is 11.4 Å². The minimum atomic E-state index is -3.80. The zero-order valence-electron chi connectivity index (χ0n) is 20.2. The number of likely N-dealkylation sites (N-methyl/N-ethyl adjacent to an activating group) is 1.